The predicted molar refractivity (Wildman–Crippen MR) is 84.8 cm³/mol. The molecule has 2 rings (SSSR count). The molecule has 1 aromatic carbocycles. The molecule has 1 atom stereocenters. The lowest BCUT2D eigenvalue weighted by Gasteiger charge is -2.20. The third kappa shape index (κ3) is 3.38. The fourth-order valence-electron chi connectivity index (χ4n) is 2.25. The normalized spacial score (nSPS) is 12.7. The lowest BCUT2D eigenvalue weighted by atomic mass is 9.97. The van der Waals surface area contributed by atoms with E-state index in [4.69, 9.17) is 27.6 Å². The van der Waals surface area contributed by atoms with Crippen molar-refractivity contribution in [1.29, 1.82) is 0 Å². The molecule has 108 valence electrons. The second kappa shape index (κ2) is 6.66. The minimum absolute atomic E-state index is 0.00147. The summed E-state index contributed by atoms with van der Waals surface area (Å²) < 4.78 is 5.59. The Morgan fingerprint density at radius 1 is 1.15 bits per heavy atom. The van der Waals surface area contributed by atoms with Crippen molar-refractivity contribution in [3.63, 3.8) is 0 Å². The summed E-state index contributed by atoms with van der Waals surface area (Å²) in [5, 5.41) is 4.71. The molecule has 0 aliphatic carbocycles. The molecular weight excluding hydrogens is 293 g/mol. The van der Waals surface area contributed by atoms with Gasteiger partial charge in [0.25, 0.3) is 0 Å². The van der Waals surface area contributed by atoms with E-state index in [2.05, 4.69) is 25.2 Å². The van der Waals surface area contributed by atoms with Crippen LogP contribution in [0.15, 0.2) is 28.7 Å². The van der Waals surface area contributed by atoms with Crippen molar-refractivity contribution in [3.8, 4) is 0 Å². The summed E-state index contributed by atoms with van der Waals surface area (Å²) in [6.07, 6.45) is 1.05. The van der Waals surface area contributed by atoms with Crippen molar-refractivity contribution < 1.29 is 4.42 Å². The van der Waals surface area contributed by atoms with Gasteiger partial charge in [0.05, 0.1) is 6.04 Å². The number of benzene rings is 1. The molecule has 4 heteroatoms. The average molecular weight is 312 g/mol. The third-order valence-corrected chi connectivity index (χ3v) is 3.95. The number of hydrogen-bond acceptors (Lipinski definition) is 2. The third-order valence-electron chi connectivity index (χ3n) is 3.34. The zero-order valence-corrected chi connectivity index (χ0v) is 13.5. The summed E-state index contributed by atoms with van der Waals surface area (Å²) in [5.74, 6) is 0.827. The van der Waals surface area contributed by atoms with Gasteiger partial charge in [0.1, 0.15) is 5.76 Å². The maximum Gasteiger partial charge on any atom is 0.193 e. The van der Waals surface area contributed by atoms with Crippen molar-refractivity contribution >= 4 is 23.2 Å². The van der Waals surface area contributed by atoms with Gasteiger partial charge >= 0.3 is 0 Å². The number of halogens is 2. The van der Waals surface area contributed by atoms with E-state index in [1.807, 2.05) is 19.1 Å². The van der Waals surface area contributed by atoms with Crippen LogP contribution in [0, 0.1) is 13.8 Å². The first-order chi connectivity index (χ1) is 9.52. The summed E-state index contributed by atoms with van der Waals surface area (Å²) in [6, 6.07) is 7.80. The molecule has 1 aromatic heterocycles. The first-order valence-corrected chi connectivity index (χ1v) is 7.53. The van der Waals surface area contributed by atoms with Crippen molar-refractivity contribution in [2.45, 2.75) is 33.2 Å². The maximum atomic E-state index is 6.18. The molecule has 2 nitrogen and oxygen atoms in total. The molecule has 2 aromatic rings. The van der Waals surface area contributed by atoms with E-state index in [9.17, 15) is 0 Å². The van der Waals surface area contributed by atoms with Gasteiger partial charge in [-0.05, 0) is 73.3 Å². The molecular formula is C16H19Cl2NO. The SMILES string of the molecule is CCCNC(c1ccc(Cl)o1)c1cc(C)c(Cl)cc1C. The molecule has 0 amide bonds. The van der Waals surface area contributed by atoms with Crippen LogP contribution in [0.5, 0.6) is 0 Å². The van der Waals surface area contributed by atoms with Crippen molar-refractivity contribution in [2.24, 2.45) is 0 Å². The number of furan rings is 1. The Hall–Kier alpha value is -0.960. The zero-order valence-electron chi connectivity index (χ0n) is 12.0. The Morgan fingerprint density at radius 2 is 1.90 bits per heavy atom. The highest BCUT2D eigenvalue weighted by Crippen LogP contribution is 2.31. The van der Waals surface area contributed by atoms with Gasteiger partial charge < -0.3 is 9.73 Å². The van der Waals surface area contributed by atoms with Crippen molar-refractivity contribution in [3.05, 3.63) is 57.0 Å². The van der Waals surface area contributed by atoms with Crippen LogP contribution in [0.2, 0.25) is 10.2 Å². The first-order valence-electron chi connectivity index (χ1n) is 6.78. The van der Waals surface area contributed by atoms with Crippen LogP contribution in [-0.4, -0.2) is 6.54 Å². The van der Waals surface area contributed by atoms with Gasteiger partial charge in [0.2, 0.25) is 0 Å². The maximum absolute atomic E-state index is 6.18. The van der Waals surface area contributed by atoms with Crippen LogP contribution < -0.4 is 5.32 Å². The van der Waals surface area contributed by atoms with Gasteiger partial charge in [-0.25, -0.2) is 0 Å². The minimum atomic E-state index is -0.00147. The first kappa shape index (κ1) is 15.4. The van der Waals surface area contributed by atoms with Crippen molar-refractivity contribution in [2.75, 3.05) is 6.54 Å². The molecule has 0 aliphatic rings. The average Bonchev–Trinajstić information content (AvgIpc) is 2.82. The summed E-state index contributed by atoms with van der Waals surface area (Å²) in [5.41, 5.74) is 3.38. The lowest BCUT2D eigenvalue weighted by Crippen LogP contribution is -2.23. The van der Waals surface area contributed by atoms with Gasteiger partial charge in [-0.3, -0.25) is 0 Å². The molecule has 0 aliphatic heterocycles. The van der Waals surface area contributed by atoms with E-state index in [1.54, 1.807) is 6.07 Å². The predicted octanol–water partition coefficient (Wildman–Crippen LogP) is 5.29. The Labute approximate surface area is 130 Å². The van der Waals surface area contributed by atoms with Crippen LogP contribution >= 0.6 is 23.2 Å². The van der Waals surface area contributed by atoms with Crippen LogP contribution in [0.3, 0.4) is 0 Å². The standard InChI is InChI=1S/C16H19Cl2NO/c1-4-7-19-16(14-5-6-15(18)20-14)12-8-11(3)13(17)9-10(12)2/h5-6,8-9,16,19H,4,7H2,1-3H3. The van der Waals surface area contributed by atoms with Crippen LogP contribution in [0.1, 0.15) is 41.8 Å². The molecule has 20 heavy (non-hydrogen) atoms. The molecule has 0 spiro atoms. The van der Waals surface area contributed by atoms with Gasteiger partial charge in [-0.2, -0.15) is 0 Å². The molecule has 1 heterocycles. The molecule has 0 bridgehead atoms. The van der Waals surface area contributed by atoms with Crippen LogP contribution in [-0.2, 0) is 0 Å². The van der Waals surface area contributed by atoms with E-state index in [1.165, 1.54) is 5.56 Å². The molecule has 0 saturated carbocycles. The van der Waals surface area contributed by atoms with Crippen molar-refractivity contribution in [1.82, 2.24) is 5.32 Å². The monoisotopic (exact) mass is 311 g/mol. The summed E-state index contributed by atoms with van der Waals surface area (Å²) >= 11 is 12.1. The second-order valence-electron chi connectivity index (χ2n) is 4.99. The Kier molecular flexibility index (Phi) is 5.14. The van der Waals surface area contributed by atoms with Crippen LogP contribution in [0.25, 0.3) is 0 Å². The van der Waals surface area contributed by atoms with E-state index >= 15 is 0 Å². The topological polar surface area (TPSA) is 25.2 Å². The highest BCUT2D eigenvalue weighted by atomic mass is 35.5. The van der Waals surface area contributed by atoms with E-state index in [0.717, 1.165) is 34.9 Å². The smallest absolute Gasteiger partial charge is 0.193 e. The fraction of sp³-hybridized carbons (Fsp3) is 0.375. The van der Waals surface area contributed by atoms with E-state index in [-0.39, 0.29) is 6.04 Å². The number of rotatable bonds is 5. The van der Waals surface area contributed by atoms with E-state index in [0.29, 0.717) is 5.22 Å². The number of nitrogens with one attached hydrogen (secondary N) is 1. The largest absolute Gasteiger partial charge is 0.448 e. The highest BCUT2D eigenvalue weighted by Gasteiger charge is 2.20. The number of hydrogen-bond donors (Lipinski definition) is 1. The van der Waals surface area contributed by atoms with Crippen LogP contribution in [0.4, 0.5) is 0 Å². The minimum Gasteiger partial charge on any atom is -0.448 e. The molecule has 1 N–H and O–H groups in total. The molecule has 0 fully saturated rings. The van der Waals surface area contributed by atoms with Gasteiger partial charge in [0.15, 0.2) is 5.22 Å². The zero-order chi connectivity index (χ0) is 14.7. The lowest BCUT2D eigenvalue weighted by molar-refractivity contribution is 0.447. The Balaban J connectivity index is 2.43. The quantitative estimate of drug-likeness (QED) is 0.811. The summed E-state index contributed by atoms with van der Waals surface area (Å²) in [7, 11) is 0. The van der Waals surface area contributed by atoms with E-state index < -0.39 is 0 Å². The summed E-state index contributed by atoms with van der Waals surface area (Å²) in [4.78, 5) is 0. The van der Waals surface area contributed by atoms with Gasteiger partial charge in [0, 0.05) is 5.02 Å². The molecule has 1 unspecified atom stereocenters. The highest BCUT2D eigenvalue weighted by molar-refractivity contribution is 6.31. The second-order valence-corrected chi connectivity index (χ2v) is 5.77. The Morgan fingerprint density at radius 3 is 2.50 bits per heavy atom. The van der Waals surface area contributed by atoms with Gasteiger partial charge in [-0.15, -0.1) is 0 Å². The number of aryl methyl sites for hydroxylation is 2. The van der Waals surface area contributed by atoms with Gasteiger partial charge in [-0.1, -0.05) is 24.6 Å². The summed E-state index contributed by atoms with van der Waals surface area (Å²) in [6.45, 7) is 7.12. The molecule has 0 radical (unpaired) electrons. The fourth-order valence-corrected chi connectivity index (χ4v) is 2.62. The Bertz CT molecular complexity index is 592. The molecule has 0 saturated heterocycles.